The van der Waals surface area contributed by atoms with Gasteiger partial charge in [-0.3, -0.25) is 4.79 Å². The summed E-state index contributed by atoms with van der Waals surface area (Å²) in [4.78, 5) is 22.4. The van der Waals surface area contributed by atoms with Crippen molar-refractivity contribution in [3.8, 4) is 0 Å². The van der Waals surface area contributed by atoms with Crippen LogP contribution in [0.1, 0.15) is 35.8 Å². The van der Waals surface area contributed by atoms with Gasteiger partial charge in [-0.1, -0.05) is 18.5 Å². The molecule has 0 radical (unpaired) electrons. The van der Waals surface area contributed by atoms with Crippen LogP contribution in [0.3, 0.4) is 0 Å². The third-order valence-electron chi connectivity index (χ3n) is 4.47. The Balaban J connectivity index is 1.77. The van der Waals surface area contributed by atoms with Crippen molar-refractivity contribution in [1.82, 2.24) is 14.9 Å². The molecule has 2 heterocycles. The van der Waals surface area contributed by atoms with Crippen LogP contribution in [-0.4, -0.2) is 33.9 Å². The lowest BCUT2D eigenvalue weighted by molar-refractivity contribution is -0.137. The first-order valence-corrected chi connectivity index (χ1v) is 8.88. The van der Waals surface area contributed by atoms with E-state index in [1.807, 2.05) is 0 Å². The highest BCUT2D eigenvalue weighted by atomic mass is 35.5. The van der Waals surface area contributed by atoms with E-state index in [9.17, 15) is 18.0 Å². The fourth-order valence-corrected chi connectivity index (χ4v) is 3.09. The van der Waals surface area contributed by atoms with Crippen molar-refractivity contribution < 1.29 is 18.0 Å². The molecule has 1 aromatic carbocycles. The van der Waals surface area contributed by atoms with Crippen LogP contribution in [0, 0.1) is 5.92 Å². The third-order valence-corrected chi connectivity index (χ3v) is 4.80. The summed E-state index contributed by atoms with van der Waals surface area (Å²) in [5.41, 5.74) is -0.626. The standard InChI is InChI=1S/C18H18ClF3N4O/c1-11-5-8-26(9-6-11)16(27)15-4-7-23-17(25-15)24-12-2-3-14(19)13(10-12)18(20,21)22/h2-4,7,10-11H,5-6,8-9H2,1H3,(H,23,24,25). The van der Waals surface area contributed by atoms with E-state index in [2.05, 4.69) is 22.2 Å². The average Bonchev–Trinajstić information content (AvgIpc) is 2.63. The molecule has 0 unspecified atom stereocenters. The SMILES string of the molecule is CC1CCN(C(=O)c2ccnc(Nc3ccc(Cl)c(C(F)(F)F)c3)n2)CC1. The Hall–Kier alpha value is -2.35. The second kappa shape index (κ2) is 7.72. The van der Waals surface area contributed by atoms with E-state index in [-0.39, 0.29) is 23.2 Å². The maximum atomic E-state index is 13.0. The molecule has 1 N–H and O–H groups in total. The van der Waals surface area contributed by atoms with Gasteiger partial charge in [0.15, 0.2) is 0 Å². The number of likely N-dealkylation sites (tertiary alicyclic amines) is 1. The number of anilines is 2. The molecular weight excluding hydrogens is 381 g/mol. The van der Waals surface area contributed by atoms with Crippen LogP contribution >= 0.6 is 11.6 Å². The molecule has 0 bridgehead atoms. The molecule has 1 amide bonds. The quantitative estimate of drug-likeness (QED) is 0.809. The van der Waals surface area contributed by atoms with Gasteiger partial charge in [0.25, 0.3) is 5.91 Å². The predicted octanol–water partition coefficient (Wildman–Crippen LogP) is 4.76. The smallest absolute Gasteiger partial charge is 0.337 e. The van der Waals surface area contributed by atoms with Gasteiger partial charge in [0.05, 0.1) is 10.6 Å². The summed E-state index contributed by atoms with van der Waals surface area (Å²) in [6.45, 7) is 3.48. The van der Waals surface area contributed by atoms with Gasteiger partial charge in [0.1, 0.15) is 5.69 Å². The van der Waals surface area contributed by atoms with Crippen molar-refractivity contribution in [3.05, 3.63) is 46.7 Å². The Bertz CT molecular complexity index is 836. The number of benzene rings is 1. The molecule has 0 saturated carbocycles. The highest BCUT2D eigenvalue weighted by molar-refractivity contribution is 6.31. The first-order valence-electron chi connectivity index (χ1n) is 8.50. The number of carbonyl (C=O) groups is 1. The number of nitrogens with one attached hydrogen (secondary N) is 1. The lowest BCUT2D eigenvalue weighted by Crippen LogP contribution is -2.38. The fourth-order valence-electron chi connectivity index (χ4n) is 2.86. The number of hydrogen-bond acceptors (Lipinski definition) is 4. The van der Waals surface area contributed by atoms with Crippen LogP contribution in [0.5, 0.6) is 0 Å². The Morgan fingerprint density at radius 3 is 2.63 bits per heavy atom. The zero-order valence-electron chi connectivity index (χ0n) is 14.6. The minimum absolute atomic E-state index is 0.0432. The largest absolute Gasteiger partial charge is 0.417 e. The van der Waals surface area contributed by atoms with Gasteiger partial charge in [-0.25, -0.2) is 9.97 Å². The van der Waals surface area contributed by atoms with Crippen molar-refractivity contribution >= 4 is 29.1 Å². The van der Waals surface area contributed by atoms with E-state index >= 15 is 0 Å². The normalized spacial score (nSPS) is 15.7. The molecule has 1 aromatic heterocycles. The zero-order chi connectivity index (χ0) is 19.6. The summed E-state index contributed by atoms with van der Waals surface area (Å²) in [5, 5.41) is 2.31. The highest BCUT2D eigenvalue weighted by Gasteiger charge is 2.33. The Morgan fingerprint density at radius 1 is 1.26 bits per heavy atom. The first kappa shape index (κ1) is 19.4. The molecule has 0 spiro atoms. The zero-order valence-corrected chi connectivity index (χ0v) is 15.3. The molecule has 1 aliphatic heterocycles. The minimum Gasteiger partial charge on any atom is -0.337 e. The van der Waals surface area contributed by atoms with E-state index in [4.69, 9.17) is 11.6 Å². The van der Waals surface area contributed by atoms with Gasteiger partial charge in [-0.05, 0) is 43.0 Å². The molecule has 3 rings (SSSR count). The number of nitrogens with zero attached hydrogens (tertiary/aromatic N) is 3. The Morgan fingerprint density at radius 2 is 1.96 bits per heavy atom. The summed E-state index contributed by atoms with van der Waals surface area (Å²) < 4.78 is 38.9. The summed E-state index contributed by atoms with van der Waals surface area (Å²) in [5.74, 6) is 0.422. The molecule has 0 aliphatic carbocycles. The number of amides is 1. The lowest BCUT2D eigenvalue weighted by atomic mass is 9.99. The lowest BCUT2D eigenvalue weighted by Gasteiger charge is -2.30. The summed E-state index contributed by atoms with van der Waals surface area (Å²) in [6, 6.07) is 4.92. The summed E-state index contributed by atoms with van der Waals surface area (Å²) in [7, 11) is 0. The maximum absolute atomic E-state index is 13.0. The molecule has 27 heavy (non-hydrogen) atoms. The minimum atomic E-state index is -4.57. The number of halogens is 4. The number of carbonyl (C=O) groups excluding carboxylic acids is 1. The Kier molecular flexibility index (Phi) is 5.55. The summed E-state index contributed by atoms with van der Waals surface area (Å²) >= 11 is 5.62. The number of rotatable bonds is 3. The number of hydrogen-bond donors (Lipinski definition) is 1. The molecule has 1 aliphatic rings. The second-order valence-electron chi connectivity index (χ2n) is 6.56. The fraction of sp³-hybridized carbons (Fsp3) is 0.389. The second-order valence-corrected chi connectivity index (χ2v) is 6.96. The maximum Gasteiger partial charge on any atom is 0.417 e. The van der Waals surface area contributed by atoms with Crippen molar-refractivity contribution in [2.24, 2.45) is 5.92 Å². The molecule has 0 atom stereocenters. The van der Waals surface area contributed by atoms with Crippen molar-refractivity contribution in [3.63, 3.8) is 0 Å². The molecule has 1 saturated heterocycles. The van der Waals surface area contributed by atoms with Crippen LogP contribution in [-0.2, 0) is 6.18 Å². The van der Waals surface area contributed by atoms with Crippen molar-refractivity contribution in [1.29, 1.82) is 0 Å². The van der Waals surface area contributed by atoms with Crippen molar-refractivity contribution in [2.45, 2.75) is 25.9 Å². The number of aromatic nitrogens is 2. The van der Waals surface area contributed by atoms with Crippen LogP contribution in [0.4, 0.5) is 24.8 Å². The van der Waals surface area contributed by atoms with E-state index in [1.165, 1.54) is 18.3 Å². The predicted molar refractivity (Wildman–Crippen MR) is 96.1 cm³/mol. The molecular formula is C18H18ClF3N4O. The van der Waals surface area contributed by atoms with Crippen molar-refractivity contribution in [2.75, 3.05) is 18.4 Å². The van der Waals surface area contributed by atoms with Crippen LogP contribution in [0.2, 0.25) is 5.02 Å². The van der Waals surface area contributed by atoms with Gasteiger partial charge in [-0.2, -0.15) is 13.2 Å². The topological polar surface area (TPSA) is 58.1 Å². The molecule has 2 aromatic rings. The molecule has 144 valence electrons. The van der Waals surface area contributed by atoms with Gasteiger partial charge in [0.2, 0.25) is 5.95 Å². The average molecular weight is 399 g/mol. The number of alkyl halides is 3. The van der Waals surface area contributed by atoms with E-state index in [1.54, 1.807) is 4.90 Å². The summed E-state index contributed by atoms with van der Waals surface area (Å²) in [6.07, 6.45) is -1.30. The van der Waals surface area contributed by atoms with Crippen LogP contribution < -0.4 is 5.32 Å². The third kappa shape index (κ3) is 4.68. The van der Waals surface area contributed by atoms with Crippen LogP contribution in [0.15, 0.2) is 30.5 Å². The number of piperidine rings is 1. The first-order chi connectivity index (χ1) is 12.7. The Labute approximate surface area is 159 Å². The van der Waals surface area contributed by atoms with E-state index in [0.29, 0.717) is 19.0 Å². The molecule has 1 fully saturated rings. The van der Waals surface area contributed by atoms with E-state index < -0.39 is 16.8 Å². The van der Waals surface area contributed by atoms with Crippen LogP contribution in [0.25, 0.3) is 0 Å². The van der Waals surface area contributed by atoms with Gasteiger partial charge in [0, 0.05) is 25.0 Å². The molecule has 9 heteroatoms. The van der Waals surface area contributed by atoms with E-state index in [0.717, 1.165) is 25.0 Å². The van der Waals surface area contributed by atoms with Gasteiger partial charge < -0.3 is 10.2 Å². The van der Waals surface area contributed by atoms with Gasteiger partial charge in [-0.15, -0.1) is 0 Å². The molecule has 5 nitrogen and oxygen atoms in total. The monoisotopic (exact) mass is 398 g/mol. The van der Waals surface area contributed by atoms with Gasteiger partial charge >= 0.3 is 6.18 Å². The highest BCUT2D eigenvalue weighted by Crippen LogP contribution is 2.36.